The summed E-state index contributed by atoms with van der Waals surface area (Å²) in [5.41, 5.74) is 1.88. The molecule has 1 N–H and O–H groups in total. The highest BCUT2D eigenvalue weighted by Gasteiger charge is 2.35. The van der Waals surface area contributed by atoms with E-state index in [2.05, 4.69) is 10.2 Å². The minimum absolute atomic E-state index is 0.0183. The van der Waals surface area contributed by atoms with Crippen molar-refractivity contribution in [2.75, 3.05) is 26.2 Å². The average molecular weight is 417 g/mol. The molecule has 29 heavy (non-hydrogen) atoms. The Labute approximate surface area is 172 Å². The fourth-order valence-electron chi connectivity index (χ4n) is 4.44. The number of rotatable bonds is 5. The van der Waals surface area contributed by atoms with Crippen molar-refractivity contribution in [3.05, 3.63) is 53.9 Å². The number of H-pyrrole nitrogens is 1. The van der Waals surface area contributed by atoms with Crippen LogP contribution in [0.4, 0.5) is 0 Å². The van der Waals surface area contributed by atoms with Crippen molar-refractivity contribution in [2.45, 2.75) is 37.4 Å². The summed E-state index contributed by atoms with van der Waals surface area (Å²) in [6, 6.07) is 11.2. The molecule has 1 unspecified atom stereocenters. The lowest BCUT2D eigenvalue weighted by atomic mass is 9.91. The molecular formula is C21H28N4O3S. The predicted octanol–water partition coefficient (Wildman–Crippen LogP) is 2.36. The first-order valence-corrected chi connectivity index (χ1v) is 11.9. The van der Waals surface area contributed by atoms with E-state index in [1.54, 1.807) is 10.5 Å². The number of sulfonamides is 1. The highest BCUT2D eigenvalue weighted by atomic mass is 32.2. The van der Waals surface area contributed by atoms with E-state index in [4.69, 9.17) is 0 Å². The maximum atomic E-state index is 13.0. The van der Waals surface area contributed by atoms with Crippen molar-refractivity contribution < 1.29 is 13.2 Å². The minimum Gasteiger partial charge on any atom is -0.342 e. The minimum atomic E-state index is -3.35. The van der Waals surface area contributed by atoms with Gasteiger partial charge in [0.05, 0.1) is 5.75 Å². The van der Waals surface area contributed by atoms with Gasteiger partial charge in [0.1, 0.15) is 0 Å². The number of aromatic amines is 1. The zero-order valence-corrected chi connectivity index (χ0v) is 17.4. The number of likely N-dealkylation sites (tertiary alicyclic amines) is 1. The van der Waals surface area contributed by atoms with Crippen molar-refractivity contribution in [3.63, 3.8) is 0 Å². The first-order valence-electron chi connectivity index (χ1n) is 10.3. The SMILES string of the molecule is O=C(C1CCN(S(=O)(=O)Cc2ccccc2)CC1)N1CCCC(c2ccn[nH]2)C1. The Balaban J connectivity index is 1.32. The third kappa shape index (κ3) is 4.70. The highest BCUT2D eigenvalue weighted by molar-refractivity contribution is 7.88. The molecule has 7 nitrogen and oxygen atoms in total. The number of hydrogen-bond acceptors (Lipinski definition) is 4. The molecule has 2 fully saturated rings. The molecule has 2 aliphatic heterocycles. The summed E-state index contributed by atoms with van der Waals surface area (Å²) in [4.78, 5) is 15.0. The molecule has 0 spiro atoms. The monoisotopic (exact) mass is 416 g/mol. The summed E-state index contributed by atoms with van der Waals surface area (Å²) in [5.74, 6) is 0.416. The van der Waals surface area contributed by atoms with Gasteiger partial charge in [-0.3, -0.25) is 9.89 Å². The van der Waals surface area contributed by atoms with Crippen LogP contribution in [0.5, 0.6) is 0 Å². The fourth-order valence-corrected chi connectivity index (χ4v) is 6.00. The zero-order valence-electron chi connectivity index (χ0n) is 16.5. The molecule has 0 radical (unpaired) electrons. The largest absolute Gasteiger partial charge is 0.342 e. The van der Waals surface area contributed by atoms with Crippen molar-refractivity contribution in [3.8, 4) is 0 Å². The topological polar surface area (TPSA) is 86.4 Å². The van der Waals surface area contributed by atoms with E-state index in [1.807, 2.05) is 41.3 Å². The van der Waals surface area contributed by atoms with Gasteiger partial charge in [0.25, 0.3) is 0 Å². The quantitative estimate of drug-likeness (QED) is 0.811. The van der Waals surface area contributed by atoms with Crippen LogP contribution in [0.2, 0.25) is 0 Å². The first kappa shape index (κ1) is 20.1. The Kier molecular flexibility index (Phi) is 6.01. The summed E-state index contributed by atoms with van der Waals surface area (Å²) >= 11 is 0. The number of nitrogens with zero attached hydrogens (tertiary/aromatic N) is 3. The lowest BCUT2D eigenvalue weighted by Crippen LogP contribution is -2.47. The Morgan fingerprint density at radius 2 is 1.83 bits per heavy atom. The van der Waals surface area contributed by atoms with Gasteiger partial charge in [-0.25, -0.2) is 12.7 Å². The van der Waals surface area contributed by atoms with E-state index in [9.17, 15) is 13.2 Å². The van der Waals surface area contributed by atoms with Gasteiger partial charge in [-0.2, -0.15) is 5.10 Å². The van der Waals surface area contributed by atoms with E-state index >= 15 is 0 Å². The molecule has 1 atom stereocenters. The van der Waals surface area contributed by atoms with Gasteiger partial charge in [-0.1, -0.05) is 30.3 Å². The molecule has 1 aromatic heterocycles. The van der Waals surface area contributed by atoms with Crippen LogP contribution in [0.25, 0.3) is 0 Å². The van der Waals surface area contributed by atoms with Gasteiger partial charge in [-0.05, 0) is 37.3 Å². The number of benzene rings is 1. The molecule has 3 heterocycles. The Bertz CT molecular complexity index is 907. The second-order valence-corrected chi connectivity index (χ2v) is 10.0. The van der Waals surface area contributed by atoms with E-state index in [-0.39, 0.29) is 17.6 Å². The number of hydrogen-bond donors (Lipinski definition) is 1. The van der Waals surface area contributed by atoms with Gasteiger partial charge in [0, 0.05) is 49.9 Å². The first-order chi connectivity index (χ1) is 14.0. The molecule has 2 aromatic rings. The van der Waals surface area contributed by atoms with Crippen LogP contribution in [-0.4, -0.2) is 59.9 Å². The van der Waals surface area contributed by atoms with Crippen molar-refractivity contribution in [1.82, 2.24) is 19.4 Å². The average Bonchev–Trinajstić information content (AvgIpc) is 3.29. The Hall–Kier alpha value is -2.19. The summed E-state index contributed by atoms with van der Waals surface area (Å²) in [5, 5.41) is 7.05. The highest BCUT2D eigenvalue weighted by Crippen LogP contribution is 2.29. The van der Waals surface area contributed by atoms with Gasteiger partial charge in [-0.15, -0.1) is 0 Å². The third-order valence-corrected chi connectivity index (χ3v) is 7.93. The van der Waals surface area contributed by atoms with E-state index < -0.39 is 10.0 Å². The fraction of sp³-hybridized carbons (Fsp3) is 0.524. The molecule has 0 aliphatic carbocycles. The van der Waals surface area contributed by atoms with Crippen LogP contribution < -0.4 is 0 Å². The van der Waals surface area contributed by atoms with Crippen LogP contribution >= 0.6 is 0 Å². The number of piperidine rings is 2. The summed E-state index contributed by atoms with van der Waals surface area (Å²) in [6.07, 6.45) is 4.99. The van der Waals surface area contributed by atoms with E-state index in [0.717, 1.165) is 30.6 Å². The van der Waals surface area contributed by atoms with Gasteiger partial charge < -0.3 is 4.90 Å². The van der Waals surface area contributed by atoms with E-state index in [1.165, 1.54) is 0 Å². The molecule has 2 saturated heterocycles. The predicted molar refractivity (Wildman–Crippen MR) is 111 cm³/mol. The second-order valence-electron chi connectivity index (χ2n) is 8.05. The van der Waals surface area contributed by atoms with Crippen LogP contribution in [0.3, 0.4) is 0 Å². The van der Waals surface area contributed by atoms with Crippen molar-refractivity contribution in [1.29, 1.82) is 0 Å². The number of carbonyl (C=O) groups excluding carboxylic acids is 1. The zero-order chi connectivity index (χ0) is 20.3. The van der Waals surface area contributed by atoms with Gasteiger partial charge in [0.15, 0.2) is 0 Å². The normalized spacial score (nSPS) is 21.9. The van der Waals surface area contributed by atoms with Gasteiger partial charge >= 0.3 is 0 Å². The second kappa shape index (κ2) is 8.67. The molecule has 8 heteroatoms. The number of carbonyl (C=O) groups is 1. The number of amides is 1. The van der Waals surface area contributed by atoms with Gasteiger partial charge in [0.2, 0.25) is 15.9 Å². The summed E-state index contributed by atoms with van der Waals surface area (Å²) in [6.45, 7) is 2.34. The smallest absolute Gasteiger partial charge is 0.225 e. The maximum absolute atomic E-state index is 13.0. The molecule has 156 valence electrons. The van der Waals surface area contributed by atoms with Crippen molar-refractivity contribution in [2.24, 2.45) is 5.92 Å². The molecular weight excluding hydrogens is 388 g/mol. The number of aromatic nitrogens is 2. The van der Waals surface area contributed by atoms with Crippen LogP contribution in [0.15, 0.2) is 42.6 Å². The molecule has 4 rings (SSSR count). The lowest BCUT2D eigenvalue weighted by molar-refractivity contribution is -0.138. The molecule has 0 saturated carbocycles. The third-order valence-electron chi connectivity index (χ3n) is 6.08. The van der Waals surface area contributed by atoms with Crippen LogP contribution in [-0.2, 0) is 20.6 Å². The standard InChI is InChI=1S/C21H28N4O3S/c26-21(24-12-4-7-19(15-24)20-8-11-22-23-20)18-9-13-25(14-10-18)29(27,28)16-17-5-2-1-3-6-17/h1-3,5-6,8,11,18-19H,4,7,9-10,12-16H2,(H,22,23). The maximum Gasteiger partial charge on any atom is 0.225 e. The van der Waals surface area contributed by atoms with Crippen molar-refractivity contribution >= 4 is 15.9 Å². The molecule has 0 bridgehead atoms. The molecule has 2 aliphatic rings. The van der Waals surface area contributed by atoms with Crippen LogP contribution in [0, 0.1) is 5.92 Å². The lowest BCUT2D eigenvalue weighted by Gasteiger charge is -2.37. The Morgan fingerprint density at radius 1 is 1.07 bits per heavy atom. The molecule has 1 aromatic carbocycles. The summed E-state index contributed by atoms with van der Waals surface area (Å²) in [7, 11) is -3.35. The van der Waals surface area contributed by atoms with Crippen LogP contribution in [0.1, 0.15) is 42.9 Å². The number of nitrogens with one attached hydrogen (secondary N) is 1. The molecule has 1 amide bonds. The Morgan fingerprint density at radius 3 is 2.52 bits per heavy atom. The van der Waals surface area contributed by atoms with E-state index in [0.29, 0.717) is 38.4 Å². The summed E-state index contributed by atoms with van der Waals surface area (Å²) < 4.78 is 27.0.